The van der Waals surface area contributed by atoms with Gasteiger partial charge in [0, 0.05) is 0 Å². The zero-order valence-corrected chi connectivity index (χ0v) is 12.2. The van der Waals surface area contributed by atoms with Gasteiger partial charge in [0.05, 0.1) is 0 Å². The van der Waals surface area contributed by atoms with E-state index in [0.29, 0.717) is 12.3 Å². The molecule has 0 N–H and O–H groups in total. The molecule has 0 aliphatic heterocycles. The molecule has 5 heteroatoms. The first-order valence-electron chi connectivity index (χ1n) is 5.41. The van der Waals surface area contributed by atoms with Gasteiger partial charge in [-0.15, -0.1) is 0 Å². The van der Waals surface area contributed by atoms with Gasteiger partial charge in [0.15, 0.2) is 0 Å². The molecule has 0 amide bonds. The monoisotopic (exact) mass is 286 g/mol. The molecule has 0 aromatic carbocycles. The first kappa shape index (κ1) is 13.3. The second-order valence-electron chi connectivity index (χ2n) is 3.92. The average Bonchev–Trinajstić information content (AvgIpc) is 2.57. The van der Waals surface area contributed by atoms with Crippen molar-refractivity contribution in [2.24, 2.45) is 0 Å². The van der Waals surface area contributed by atoms with Gasteiger partial charge in [-0.1, -0.05) is 0 Å². The minimum atomic E-state index is -0.673. The van der Waals surface area contributed by atoms with E-state index in [2.05, 4.69) is 16.5 Å². The maximum atomic E-state index is 11.7. The van der Waals surface area contributed by atoms with Gasteiger partial charge in [-0.05, 0) is 0 Å². The molecule has 1 rings (SSSR count). The van der Waals surface area contributed by atoms with E-state index in [1.807, 2.05) is 13.8 Å². The van der Waals surface area contributed by atoms with E-state index in [1.54, 1.807) is 10.7 Å². The molecule has 1 heterocycles. The first-order valence-corrected chi connectivity index (χ1v) is 10.5. The molecule has 0 spiro atoms. The summed E-state index contributed by atoms with van der Waals surface area (Å²) in [5.41, 5.74) is 6.05. The third-order valence-corrected chi connectivity index (χ3v) is 4.44. The van der Waals surface area contributed by atoms with Crippen molar-refractivity contribution in [3.8, 4) is 0 Å². The van der Waals surface area contributed by atoms with Crippen molar-refractivity contribution in [1.82, 2.24) is 9.78 Å². The van der Waals surface area contributed by atoms with E-state index in [4.69, 9.17) is 4.74 Å². The Hall–Kier alpha value is -0.762. The van der Waals surface area contributed by atoms with Gasteiger partial charge in [0.1, 0.15) is 0 Å². The zero-order chi connectivity index (χ0) is 12.1. The number of rotatable bonds is 5. The van der Waals surface area contributed by atoms with Crippen molar-refractivity contribution < 1.29 is 9.53 Å². The van der Waals surface area contributed by atoms with Crippen LogP contribution in [0.1, 0.15) is 23.1 Å². The van der Waals surface area contributed by atoms with Crippen molar-refractivity contribution in [1.29, 1.82) is 0 Å². The summed E-state index contributed by atoms with van der Waals surface area (Å²) in [6.07, 6.45) is 0. The Labute approximate surface area is 101 Å². The molecule has 0 saturated heterocycles. The van der Waals surface area contributed by atoms with Crippen LogP contribution in [0.15, 0.2) is 6.07 Å². The number of carbonyl (C=O) groups excluding carboxylic acids is 1. The van der Waals surface area contributed by atoms with Crippen LogP contribution in [-0.2, 0) is 11.3 Å². The Morgan fingerprint density at radius 2 is 2.25 bits per heavy atom. The summed E-state index contributed by atoms with van der Waals surface area (Å²) in [4.78, 5) is 11.7. The van der Waals surface area contributed by atoms with E-state index in [1.165, 1.54) is 0 Å². The van der Waals surface area contributed by atoms with Crippen molar-refractivity contribution >= 4 is 20.6 Å². The number of nitrogens with zero attached hydrogens (tertiary/aromatic N) is 2. The van der Waals surface area contributed by atoms with Gasteiger partial charge in [0.2, 0.25) is 0 Å². The molecule has 0 unspecified atom stereocenters. The van der Waals surface area contributed by atoms with E-state index >= 15 is 0 Å². The Bertz CT molecular complexity index is 361. The van der Waals surface area contributed by atoms with Crippen molar-refractivity contribution in [2.75, 3.05) is 6.61 Å². The third kappa shape index (κ3) is 3.67. The van der Waals surface area contributed by atoms with Crippen LogP contribution in [0.5, 0.6) is 0 Å². The van der Waals surface area contributed by atoms with E-state index in [-0.39, 0.29) is 5.97 Å². The molecule has 16 heavy (non-hydrogen) atoms. The average molecular weight is 286 g/mol. The van der Waals surface area contributed by atoms with E-state index in [9.17, 15) is 4.79 Å². The number of aryl methyl sites for hydroxylation is 2. The topological polar surface area (TPSA) is 44.1 Å². The Balaban J connectivity index is 2.78. The molecular formula is C11H19AsN2O2. The second-order valence-corrected chi connectivity index (χ2v) is 9.39. The van der Waals surface area contributed by atoms with Gasteiger partial charge in [-0.2, -0.15) is 0 Å². The Kier molecular flexibility index (Phi) is 5.07. The molecule has 1 aromatic heterocycles. The predicted molar refractivity (Wildman–Crippen MR) is 65.2 cm³/mol. The summed E-state index contributed by atoms with van der Waals surface area (Å²) in [5.74, 6) is -0.269. The molecule has 4 nitrogen and oxygen atoms in total. The number of hydrogen-bond donors (Lipinski definition) is 0. The second kappa shape index (κ2) is 6.09. The van der Waals surface area contributed by atoms with Gasteiger partial charge in [0.25, 0.3) is 0 Å². The fraction of sp³-hybridized carbons (Fsp3) is 0.636. The summed E-state index contributed by atoms with van der Waals surface area (Å²) < 4.78 is 6.78. The van der Waals surface area contributed by atoms with Gasteiger partial charge < -0.3 is 0 Å². The third-order valence-electron chi connectivity index (χ3n) is 2.15. The van der Waals surface area contributed by atoms with Crippen LogP contribution in [0.4, 0.5) is 0 Å². The Morgan fingerprint density at radius 3 is 2.81 bits per heavy atom. The molecular weight excluding hydrogens is 267 g/mol. The molecule has 0 fully saturated rings. The fourth-order valence-electron chi connectivity index (χ4n) is 1.38. The minimum absolute atomic E-state index is 0.269. The number of carbonyl (C=O) groups is 1. The van der Waals surface area contributed by atoms with Crippen molar-refractivity contribution in [3.05, 3.63) is 17.5 Å². The molecule has 0 bridgehead atoms. The van der Waals surface area contributed by atoms with Crippen LogP contribution in [0, 0.1) is 6.92 Å². The van der Waals surface area contributed by atoms with Gasteiger partial charge in [-0.3, -0.25) is 0 Å². The molecule has 0 saturated carbocycles. The summed E-state index contributed by atoms with van der Waals surface area (Å²) >= 11 is -0.673. The first-order chi connectivity index (χ1) is 7.54. The normalized spacial score (nSPS) is 10.8. The number of aromatic nitrogens is 2. The SMILES string of the molecule is CCOC(=O)c1cc(C)nn1CC[As](C)C. The van der Waals surface area contributed by atoms with E-state index < -0.39 is 14.7 Å². The molecule has 0 aliphatic rings. The van der Waals surface area contributed by atoms with Crippen LogP contribution in [0.2, 0.25) is 16.6 Å². The van der Waals surface area contributed by atoms with Crippen LogP contribution in [0.3, 0.4) is 0 Å². The predicted octanol–water partition coefficient (Wildman–Crippen LogP) is 2.12. The Morgan fingerprint density at radius 1 is 1.56 bits per heavy atom. The molecule has 90 valence electrons. The van der Waals surface area contributed by atoms with Crippen molar-refractivity contribution in [3.63, 3.8) is 0 Å². The number of hydrogen-bond acceptors (Lipinski definition) is 3. The quantitative estimate of drug-likeness (QED) is 0.615. The summed E-state index contributed by atoms with van der Waals surface area (Å²) in [6, 6.07) is 1.79. The maximum absolute atomic E-state index is 11.7. The van der Waals surface area contributed by atoms with Crippen LogP contribution in [0.25, 0.3) is 0 Å². The molecule has 1 aromatic rings. The molecule has 0 radical (unpaired) electrons. The van der Waals surface area contributed by atoms with Crippen LogP contribution >= 0.6 is 0 Å². The van der Waals surface area contributed by atoms with Gasteiger partial charge >= 0.3 is 101 Å². The summed E-state index contributed by atoms with van der Waals surface area (Å²) in [6.45, 7) is 4.94. The van der Waals surface area contributed by atoms with Crippen LogP contribution in [-0.4, -0.2) is 37.0 Å². The standard InChI is InChI=1S/C11H19AsN2O2/c1-5-16-11(15)10-8-9(2)13-14(10)7-6-12(3)4/h8H,5-7H2,1-4H3. The zero-order valence-electron chi connectivity index (χ0n) is 10.4. The summed E-state index contributed by atoms with van der Waals surface area (Å²) in [5, 5.41) is 5.48. The van der Waals surface area contributed by atoms with Gasteiger partial charge in [-0.25, -0.2) is 0 Å². The fourth-order valence-corrected chi connectivity index (χ4v) is 2.62. The summed E-state index contributed by atoms with van der Waals surface area (Å²) in [7, 11) is 0. The van der Waals surface area contributed by atoms with Crippen molar-refractivity contribution in [2.45, 2.75) is 37.0 Å². The number of esters is 1. The molecule has 0 aliphatic carbocycles. The van der Waals surface area contributed by atoms with E-state index in [0.717, 1.165) is 17.4 Å². The number of ether oxygens (including phenoxy) is 1. The van der Waals surface area contributed by atoms with Crippen LogP contribution < -0.4 is 0 Å². The molecule has 0 atom stereocenters.